The number of carbonyl (C=O) groups excluding carboxylic acids is 1. The highest BCUT2D eigenvalue weighted by Crippen LogP contribution is 2.20. The van der Waals surface area contributed by atoms with E-state index >= 15 is 0 Å². The zero-order valence-electron chi connectivity index (χ0n) is 13.7. The molecule has 8 heteroatoms. The number of nitrogens with two attached hydrogens (primary N) is 1. The van der Waals surface area contributed by atoms with Gasteiger partial charge in [-0.05, 0) is 52.2 Å². The molecule has 2 aromatic carbocycles. The summed E-state index contributed by atoms with van der Waals surface area (Å²) in [5.74, 6) is -0.393. The van der Waals surface area contributed by atoms with Crippen molar-refractivity contribution in [1.82, 2.24) is 5.32 Å². The number of halogens is 1. The van der Waals surface area contributed by atoms with E-state index in [1.165, 1.54) is 18.2 Å². The Hall–Kier alpha value is -1.74. The first-order valence-corrected chi connectivity index (χ1v) is 9.91. The van der Waals surface area contributed by atoms with Gasteiger partial charge in [-0.25, -0.2) is 13.6 Å². The summed E-state index contributed by atoms with van der Waals surface area (Å²) >= 11 is 3.25. The van der Waals surface area contributed by atoms with Gasteiger partial charge in [-0.2, -0.15) is 0 Å². The lowest BCUT2D eigenvalue weighted by Crippen LogP contribution is -2.24. The number of ether oxygens (including phenoxy) is 1. The first-order valence-electron chi connectivity index (χ1n) is 7.57. The van der Waals surface area contributed by atoms with Crippen LogP contribution in [-0.4, -0.2) is 20.9 Å². The van der Waals surface area contributed by atoms with Gasteiger partial charge in [0.25, 0.3) is 5.91 Å². The molecular weight excluding hydrogens is 408 g/mol. The van der Waals surface area contributed by atoms with E-state index in [-0.39, 0.29) is 10.5 Å². The van der Waals surface area contributed by atoms with Gasteiger partial charge >= 0.3 is 0 Å². The van der Waals surface area contributed by atoms with Crippen molar-refractivity contribution in [1.29, 1.82) is 0 Å². The van der Waals surface area contributed by atoms with Gasteiger partial charge in [0.05, 0.1) is 17.1 Å². The van der Waals surface area contributed by atoms with Crippen LogP contribution in [0.2, 0.25) is 0 Å². The van der Waals surface area contributed by atoms with Gasteiger partial charge in [0.1, 0.15) is 0 Å². The second-order valence-corrected chi connectivity index (χ2v) is 7.74. The van der Waals surface area contributed by atoms with Crippen LogP contribution in [0.4, 0.5) is 0 Å². The average Bonchev–Trinajstić information content (AvgIpc) is 2.58. The molecule has 0 aliphatic rings. The maximum Gasteiger partial charge on any atom is 0.252 e. The summed E-state index contributed by atoms with van der Waals surface area (Å²) in [7, 11) is -3.87. The third-order valence-electron chi connectivity index (χ3n) is 3.46. The van der Waals surface area contributed by atoms with Gasteiger partial charge in [0.15, 0.2) is 0 Å². The summed E-state index contributed by atoms with van der Waals surface area (Å²) in [4.78, 5) is 12.2. The molecule has 0 spiro atoms. The van der Waals surface area contributed by atoms with E-state index in [4.69, 9.17) is 9.88 Å². The smallest absolute Gasteiger partial charge is 0.252 e. The molecule has 2 rings (SSSR count). The Bertz CT molecular complexity index is 851. The van der Waals surface area contributed by atoms with Gasteiger partial charge < -0.3 is 10.1 Å². The molecule has 25 heavy (non-hydrogen) atoms. The highest BCUT2D eigenvalue weighted by atomic mass is 79.9. The number of hydrogen-bond acceptors (Lipinski definition) is 4. The normalized spacial score (nSPS) is 11.3. The Morgan fingerprint density at radius 2 is 1.80 bits per heavy atom. The predicted molar refractivity (Wildman–Crippen MR) is 98.5 cm³/mol. The molecule has 0 atom stereocenters. The van der Waals surface area contributed by atoms with Crippen LogP contribution in [0, 0.1) is 0 Å². The number of primary sulfonamides is 1. The van der Waals surface area contributed by atoms with E-state index in [2.05, 4.69) is 21.2 Å². The monoisotopic (exact) mass is 426 g/mol. The van der Waals surface area contributed by atoms with E-state index in [0.29, 0.717) is 24.2 Å². The summed E-state index contributed by atoms with van der Waals surface area (Å²) in [5.41, 5.74) is 2.19. The van der Waals surface area contributed by atoms with Crippen LogP contribution in [0.25, 0.3) is 0 Å². The molecule has 3 N–H and O–H groups in total. The second kappa shape index (κ2) is 8.57. The van der Waals surface area contributed by atoms with Gasteiger partial charge in [-0.3, -0.25) is 4.79 Å². The predicted octanol–water partition coefficient (Wildman–Crippen LogP) is 2.56. The Kier molecular flexibility index (Phi) is 6.71. The van der Waals surface area contributed by atoms with Crippen molar-refractivity contribution in [3.05, 3.63) is 63.6 Å². The molecule has 0 bridgehead atoms. The summed E-state index contributed by atoms with van der Waals surface area (Å²) in [6, 6.07) is 11.8. The van der Waals surface area contributed by atoms with Crippen LogP contribution in [-0.2, 0) is 27.9 Å². The fraction of sp³-hybridized carbons (Fsp3) is 0.235. The van der Waals surface area contributed by atoms with Crippen molar-refractivity contribution in [3.8, 4) is 0 Å². The molecule has 0 saturated heterocycles. The molecule has 0 aliphatic heterocycles. The summed E-state index contributed by atoms with van der Waals surface area (Å²) < 4.78 is 28.7. The standard InChI is InChI=1S/C17H19BrN2O4S/c1-2-24-11-13-5-3-12(4-6-13)10-20-17(21)15-9-14(25(19,22)23)7-8-16(15)18/h3-9H,2,10-11H2,1H3,(H,20,21)(H2,19,22,23). The van der Waals surface area contributed by atoms with Crippen LogP contribution in [0.5, 0.6) is 0 Å². The van der Waals surface area contributed by atoms with Crippen molar-refractivity contribution in [2.75, 3.05) is 6.61 Å². The van der Waals surface area contributed by atoms with Crippen LogP contribution < -0.4 is 10.5 Å². The summed E-state index contributed by atoms with van der Waals surface area (Å²) in [6.45, 7) is 3.47. The van der Waals surface area contributed by atoms with Gasteiger partial charge in [-0.1, -0.05) is 24.3 Å². The second-order valence-electron chi connectivity index (χ2n) is 5.32. The SMILES string of the molecule is CCOCc1ccc(CNC(=O)c2cc(S(N)(=O)=O)ccc2Br)cc1. The molecule has 0 saturated carbocycles. The molecule has 0 unspecified atom stereocenters. The number of sulfonamides is 1. The molecule has 0 heterocycles. The zero-order valence-corrected chi connectivity index (χ0v) is 16.1. The number of benzene rings is 2. The Balaban J connectivity index is 2.05. The first-order chi connectivity index (χ1) is 11.8. The lowest BCUT2D eigenvalue weighted by atomic mass is 10.1. The van der Waals surface area contributed by atoms with Gasteiger partial charge in [0, 0.05) is 17.6 Å². The van der Waals surface area contributed by atoms with Gasteiger partial charge in [0.2, 0.25) is 10.0 Å². The van der Waals surface area contributed by atoms with E-state index in [0.717, 1.165) is 11.1 Å². The van der Waals surface area contributed by atoms with Crippen molar-refractivity contribution in [3.63, 3.8) is 0 Å². The highest BCUT2D eigenvalue weighted by molar-refractivity contribution is 9.10. The van der Waals surface area contributed by atoms with E-state index < -0.39 is 15.9 Å². The lowest BCUT2D eigenvalue weighted by molar-refractivity contribution is 0.0950. The van der Waals surface area contributed by atoms with Crippen LogP contribution in [0.1, 0.15) is 28.4 Å². The minimum absolute atomic E-state index is 0.110. The Morgan fingerprint density at radius 1 is 1.16 bits per heavy atom. The molecule has 0 radical (unpaired) electrons. The van der Waals surface area contributed by atoms with Crippen molar-refractivity contribution in [2.45, 2.75) is 25.0 Å². The Morgan fingerprint density at radius 3 is 2.40 bits per heavy atom. The maximum absolute atomic E-state index is 12.3. The van der Waals surface area contributed by atoms with E-state index in [1.807, 2.05) is 31.2 Å². The largest absolute Gasteiger partial charge is 0.377 e. The topological polar surface area (TPSA) is 98.5 Å². The van der Waals surface area contributed by atoms with E-state index in [9.17, 15) is 13.2 Å². The minimum Gasteiger partial charge on any atom is -0.377 e. The van der Waals surface area contributed by atoms with Crippen LogP contribution in [0.3, 0.4) is 0 Å². The number of carbonyl (C=O) groups is 1. The third-order valence-corrected chi connectivity index (χ3v) is 5.06. The van der Waals surface area contributed by atoms with Crippen molar-refractivity contribution in [2.24, 2.45) is 5.14 Å². The molecule has 0 aromatic heterocycles. The molecule has 1 amide bonds. The fourth-order valence-corrected chi connectivity index (χ4v) is 3.07. The number of nitrogens with one attached hydrogen (secondary N) is 1. The molecule has 134 valence electrons. The van der Waals surface area contributed by atoms with Crippen molar-refractivity contribution < 1.29 is 17.9 Å². The Labute approximate surface area is 155 Å². The quantitative estimate of drug-likeness (QED) is 0.710. The molecule has 0 aliphatic carbocycles. The van der Waals surface area contributed by atoms with Crippen LogP contribution >= 0.6 is 15.9 Å². The summed E-state index contributed by atoms with van der Waals surface area (Å²) in [6.07, 6.45) is 0. The molecule has 0 fully saturated rings. The molecule has 2 aromatic rings. The number of hydrogen-bond donors (Lipinski definition) is 2. The fourth-order valence-electron chi connectivity index (χ4n) is 2.11. The molecule has 6 nitrogen and oxygen atoms in total. The third kappa shape index (κ3) is 5.64. The first kappa shape index (κ1) is 19.6. The van der Waals surface area contributed by atoms with E-state index in [1.54, 1.807) is 0 Å². The minimum atomic E-state index is -3.87. The average molecular weight is 427 g/mol. The zero-order chi connectivity index (χ0) is 18.4. The van der Waals surface area contributed by atoms with Crippen LogP contribution in [0.15, 0.2) is 51.8 Å². The summed E-state index contributed by atoms with van der Waals surface area (Å²) in [5, 5.41) is 7.87. The van der Waals surface area contributed by atoms with Crippen molar-refractivity contribution >= 4 is 31.9 Å². The molecular formula is C17H19BrN2O4S. The highest BCUT2D eigenvalue weighted by Gasteiger charge is 2.15. The lowest BCUT2D eigenvalue weighted by Gasteiger charge is -2.09. The van der Waals surface area contributed by atoms with Gasteiger partial charge in [-0.15, -0.1) is 0 Å². The number of rotatable bonds is 7. The maximum atomic E-state index is 12.3. The number of amides is 1.